The van der Waals surface area contributed by atoms with Crippen LogP contribution in [0.1, 0.15) is 12.8 Å². The molecule has 1 heterocycles. The summed E-state index contributed by atoms with van der Waals surface area (Å²) >= 11 is 0. The van der Waals surface area contributed by atoms with Gasteiger partial charge < -0.3 is 15.4 Å². The second kappa shape index (κ2) is 7.65. The van der Waals surface area contributed by atoms with Crippen molar-refractivity contribution in [3.8, 4) is 0 Å². The molecular weight excluding hydrogens is 228 g/mol. The predicted molar refractivity (Wildman–Crippen MR) is 66.6 cm³/mol. The van der Waals surface area contributed by atoms with Crippen molar-refractivity contribution in [3.05, 3.63) is 12.7 Å². The highest BCUT2D eigenvalue weighted by atomic mass is 35.5. The molecular formula is C11H21ClN2O2. The standard InChI is InChI=1S/C11H20N2O2.ClH/c1-3-6-13(2)11(14)10(12)9-4-7-15-8-5-9;/h3,9-10H,1,4-8,12H2,2H3;1H. The van der Waals surface area contributed by atoms with Crippen molar-refractivity contribution < 1.29 is 9.53 Å². The maximum absolute atomic E-state index is 11.8. The van der Waals surface area contributed by atoms with E-state index in [2.05, 4.69) is 6.58 Å². The first-order chi connectivity index (χ1) is 7.16. The number of amides is 1. The molecule has 16 heavy (non-hydrogen) atoms. The molecule has 0 bridgehead atoms. The first-order valence-corrected chi connectivity index (χ1v) is 5.36. The molecule has 0 radical (unpaired) electrons. The smallest absolute Gasteiger partial charge is 0.239 e. The lowest BCUT2D eigenvalue weighted by Gasteiger charge is -2.29. The SMILES string of the molecule is C=CCN(C)C(=O)C(N)C1CCOCC1.Cl. The minimum absolute atomic E-state index is 0. The van der Waals surface area contributed by atoms with Gasteiger partial charge >= 0.3 is 0 Å². The average molecular weight is 249 g/mol. The van der Waals surface area contributed by atoms with E-state index in [0.29, 0.717) is 6.54 Å². The number of hydrogen-bond acceptors (Lipinski definition) is 3. The molecule has 2 N–H and O–H groups in total. The van der Waals surface area contributed by atoms with E-state index in [1.807, 2.05) is 0 Å². The molecule has 1 aliphatic rings. The lowest BCUT2D eigenvalue weighted by Crippen LogP contribution is -2.47. The highest BCUT2D eigenvalue weighted by Gasteiger charge is 2.28. The fourth-order valence-corrected chi connectivity index (χ4v) is 1.81. The zero-order valence-electron chi connectivity index (χ0n) is 9.72. The molecule has 0 aromatic carbocycles. The van der Waals surface area contributed by atoms with E-state index in [1.165, 1.54) is 0 Å². The van der Waals surface area contributed by atoms with Crippen LogP contribution >= 0.6 is 12.4 Å². The molecule has 0 aromatic rings. The Morgan fingerprint density at radius 3 is 2.69 bits per heavy atom. The summed E-state index contributed by atoms with van der Waals surface area (Å²) in [6.07, 6.45) is 3.47. The quantitative estimate of drug-likeness (QED) is 0.749. The molecule has 0 aromatic heterocycles. The zero-order valence-corrected chi connectivity index (χ0v) is 10.5. The summed E-state index contributed by atoms with van der Waals surface area (Å²) in [6.45, 7) is 5.59. The maximum Gasteiger partial charge on any atom is 0.239 e. The summed E-state index contributed by atoms with van der Waals surface area (Å²) in [6, 6.07) is -0.390. The highest BCUT2D eigenvalue weighted by Crippen LogP contribution is 2.18. The Balaban J connectivity index is 0.00000225. The largest absolute Gasteiger partial charge is 0.381 e. The van der Waals surface area contributed by atoms with E-state index in [4.69, 9.17) is 10.5 Å². The minimum Gasteiger partial charge on any atom is -0.381 e. The van der Waals surface area contributed by atoms with Gasteiger partial charge in [-0.2, -0.15) is 0 Å². The highest BCUT2D eigenvalue weighted by molar-refractivity contribution is 5.85. The van der Waals surface area contributed by atoms with Crippen LogP contribution in [0.4, 0.5) is 0 Å². The summed E-state index contributed by atoms with van der Waals surface area (Å²) in [5.41, 5.74) is 5.94. The van der Waals surface area contributed by atoms with Gasteiger partial charge in [0.25, 0.3) is 0 Å². The Labute approximate surface area is 103 Å². The Hall–Kier alpha value is -0.580. The molecule has 0 spiro atoms. The molecule has 4 nitrogen and oxygen atoms in total. The second-order valence-corrected chi connectivity index (χ2v) is 3.98. The number of halogens is 1. The molecule has 1 atom stereocenters. The van der Waals surface area contributed by atoms with Gasteiger partial charge in [-0.25, -0.2) is 0 Å². The molecule has 0 aliphatic carbocycles. The molecule has 1 amide bonds. The van der Waals surface area contributed by atoms with Crippen LogP contribution in [0.2, 0.25) is 0 Å². The van der Waals surface area contributed by atoms with Crippen molar-refractivity contribution in [2.45, 2.75) is 18.9 Å². The average Bonchev–Trinajstić information content (AvgIpc) is 2.28. The molecule has 1 aliphatic heterocycles. The van der Waals surface area contributed by atoms with Crippen LogP contribution in [-0.2, 0) is 9.53 Å². The van der Waals surface area contributed by atoms with Crippen molar-refractivity contribution in [3.63, 3.8) is 0 Å². The molecule has 1 rings (SSSR count). The Morgan fingerprint density at radius 1 is 1.62 bits per heavy atom. The van der Waals surface area contributed by atoms with Gasteiger partial charge in [0.1, 0.15) is 0 Å². The van der Waals surface area contributed by atoms with Crippen LogP contribution in [0, 0.1) is 5.92 Å². The fraction of sp³-hybridized carbons (Fsp3) is 0.727. The maximum atomic E-state index is 11.8. The van der Waals surface area contributed by atoms with E-state index in [0.717, 1.165) is 26.1 Å². The van der Waals surface area contributed by atoms with Crippen LogP contribution in [0.25, 0.3) is 0 Å². The van der Waals surface area contributed by atoms with Crippen molar-refractivity contribution >= 4 is 18.3 Å². The first kappa shape index (κ1) is 15.4. The topological polar surface area (TPSA) is 55.6 Å². The van der Waals surface area contributed by atoms with Gasteiger partial charge in [-0.3, -0.25) is 4.79 Å². The third-order valence-corrected chi connectivity index (χ3v) is 2.84. The van der Waals surface area contributed by atoms with Crippen LogP contribution in [-0.4, -0.2) is 43.7 Å². The number of likely N-dealkylation sites (N-methyl/N-ethyl adjacent to an activating group) is 1. The van der Waals surface area contributed by atoms with Crippen molar-refractivity contribution in [1.29, 1.82) is 0 Å². The van der Waals surface area contributed by atoms with Gasteiger partial charge in [0, 0.05) is 26.8 Å². The molecule has 1 saturated heterocycles. The van der Waals surface area contributed by atoms with Crippen LogP contribution in [0.3, 0.4) is 0 Å². The number of nitrogens with zero attached hydrogens (tertiary/aromatic N) is 1. The summed E-state index contributed by atoms with van der Waals surface area (Å²) in [5, 5.41) is 0. The normalized spacial score (nSPS) is 18.4. The zero-order chi connectivity index (χ0) is 11.3. The third-order valence-electron chi connectivity index (χ3n) is 2.84. The Kier molecular flexibility index (Phi) is 7.38. The predicted octanol–water partition coefficient (Wildman–Crippen LogP) is 0.806. The van der Waals surface area contributed by atoms with Crippen molar-refractivity contribution in [2.24, 2.45) is 11.7 Å². The van der Waals surface area contributed by atoms with Gasteiger partial charge in [0.05, 0.1) is 6.04 Å². The summed E-state index contributed by atoms with van der Waals surface area (Å²) < 4.78 is 5.24. The van der Waals surface area contributed by atoms with Crippen molar-refractivity contribution in [1.82, 2.24) is 4.90 Å². The van der Waals surface area contributed by atoms with Crippen LogP contribution < -0.4 is 5.73 Å². The minimum atomic E-state index is -0.390. The van der Waals surface area contributed by atoms with Gasteiger partial charge in [0.15, 0.2) is 0 Å². The van der Waals surface area contributed by atoms with E-state index in [1.54, 1.807) is 18.0 Å². The number of carbonyl (C=O) groups is 1. The van der Waals surface area contributed by atoms with Crippen molar-refractivity contribution in [2.75, 3.05) is 26.8 Å². The number of rotatable bonds is 4. The van der Waals surface area contributed by atoms with E-state index in [-0.39, 0.29) is 30.3 Å². The fourth-order valence-electron chi connectivity index (χ4n) is 1.81. The number of nitrogens with two attached hydrogens (primary N) is 1. The number of carbonyl (C=O) groups excluding carboxylic acids is 1. The molecule has 1 unspecified atom stereocenters. The van der Waals surface area contributed by atoms with Gasteiger partial charge in [-0.15, -0.1) is 19.0 Å². The first-order valence-electron chi connectivity index (χ1n) is 5.36. The monoisotopic (exact) mass is 248 g/mol. The van der Waals surface area contributed by atoms with Crippen LogP contribution in [0.15, 0.2) is 12.7 Å². The van der Waals surface area contributed by atoms with E-state index < -0.39 is 0 Å². The molecule has 5 heteroatoms. The molecule has 0 saturated carbocycles. The molecule has 94 valence electrons. The van der Waals surface area contributed by atoms with Gasteiger partial charge in [0.2, 0.25) is 5.91 Å². The number of ether oxygens (including phenoxy) is 1. The lowest BCUT2D eigenvalue weighted by atomic mass is 9.91. The summed E-state index contributed by atoms with van der Waals surface area (Å²) in [5.74, 6) is 0.264. The Morgan fingerprint density at radius 2 is 2.19 bits per heavy atom. The van der Waals surface area contributed by atoms with Gasteiger partial charge in [-0.1, -0.05) is 6.08 Å². The summed E-state index contributed by atoms with van der Waals surface area (Å²) in [7, 11) is 1.75. The van der Waals surface area contributed by atoms with Crippen LogP contribution in [0.5, 0.6) is 0 Å². The molecule has 1 fully saturated rings. The van der Waals surface area contributed by atoms with E-state index >= 15 is 0 Å². The second-order valence-electron chi connectivity index (χ2n) is 3.98. The number of hydrogen-bond donors (Lipinski definition) is 1. The Bertz CT molecular complexity index is 230. The third kappa shape index (κ3) is 4.12. The van der Waals surface area contributed by atoms with E-state index in [9.17, 15) is 4.79 Å². The van der Waals surface area contributed by atoms with Gasteiger partial charge in [-0.05, 0) is 18.8 Å². The lowest BCUT2D eigenvalue weighted by molar-refractivity contribution is -0.132. The summed E-state index contributed by atoms with van der Waals surface area (Å²) in [4.78, 5) is 13.5.